The first-order valence-corrected chi connectivity index (χ1v) is 7.77. The van der Waals surface area contributed by atoms with Gasteiger partial charge in [0.15, 0.2) is 0 Å². The molecule has 1 amide bonds. The van der Waals surface area contributed by atoms with Crippen molar-refractivity contribution >= 4 is 23.5 Å². The van der Waals surface area contributed by atoms with E-state index in [-0.39, 0.29) is 17.8 Å². The number of rotatable bonds is 5. The third kappa shape index (κ3) is 5.00. The van der Waals surface area contributed by atoms with E-state index in [1.807, 2.05) is 12.1 Å². The Morgan fingerprint density at radius 1 is 1.27 bits per heavy atom. The number of amides is 1. The minimum absolute atomic E-state index is 0.00790. The number of hydrogen-bond donors (Lipinski definition) is 1. The van der Waals surface area contributed by atoms with Crippen LogP contribution < -0.4 is 5.32 Å². The molecule has 1 saturated heterocycles. The minimum atomic E-state index is -0.146. The molecule has 1 aromatic carbocycles. The predicted octanol–water partition coefficient (Wildman–Crippen LogP) is 1.84. The molecular formula is C16H21ClN2O3. The first kappa shape index (κ1) is 16.8. The molecule has 1 aliphatic heterocycles. The molecule has 1 fully saturated rings. The molecule has 1 aromatic rings. The van der Waals surface area contributed by atoms with Crippen LogP contribution in [0.2, 0.25) is 5.02 Å². The maximum Gasteiger partial charge on any atom is 0.308 e. The average molecular weight is 325 g/mol. The zero-order valence-corrected chi connectivity index (χ0v) is 13.4. The molecule has 1 heterocycles. The molecule has 2 rings (SSSR count). The van der Waals surface area contributed by atoms with Crippen molar-refractivity contribution in [1.29, 1.82) is 0 Å². The number of nitrogens with zero attached hydrogens (tertiary/aromatic N) is 1. The van der Waals surface area contributed by atoms with Gasteiger partial charge in [0.1, 0.15) is 0 Å². The molecule has 1 N–H and O–H groups in total. The van der Waals surface area contributed by atoms with Crippen molar-refractivity contribution < 1.29 is 14.3 Å². The quantitative estimate of drug-likeness (QED) is 0.840. The number of carbonyl (C=O) groups excluding carboxylic acids is 2. The molecule has 0 aromatic heterocycles. The fourth-order valence-corrected chi connectivity index (χ4v) is 2.68. The highest BCUT2D eigenvalue weighted by Crippen LogP contribution is 2.18. The van der Waals surface area contributed by atoms with Gasteiger partial charge in [-0.2, -0.15) is 0 Å². The Morgan fingerprint density at radius 3 is 2.50 bits per heavy atom. The van der Waals surface area contributed by atoms with Crippen LogP contribution in [-0.4, -0.2) is 43.5 Å². The van der Waals surface area contributed by atoms with Crippen molar-refractivity contribution in [3.63, 3.8) is 0 Å². The molecule has 0 bridgehead atoms. The lowest BCUT2D eigenvalue weighted by molar-refractivity contribution is -0.147. The van der Waals surface area contributed by atoms with Crippen LogP contribution >= 0.6 is 11.6 Å². The Bertz CT molecular complexity index is 511. The summed E-state index contributed by atoms with van der Waals surface area (Å²) in [4.78, 5) is 25.5. The largest absolute Gasteiger partial charge is 0.469 e. The predicted molar refractivity (Wildman–Crippen MR) is 84.5 cm³/mol. The number of likely N-dealkylation sites (tertiary alicyclic amines) is 1. The van der Waals surface area contributed by atoms with E-state index in [0.717, 1.165) is 31.5 Å². The van der Waals surface area contributed by atoms with E-state index in [1.165, 1.54) is 7.11 Å². The zero-order chi connectivity index (χ0) is 15.9. The van der Waals surface area contributed by atoms with Gasteiger partial charge in [0.05, 0.1) is 19.6 Å². The summed E-state index contributed by atoms with van der Waals surface area (Å²) in [7, 11) is 1.42. The van der Waals surface area contributed by atoms with E-state index in [0.29, 0.717) is 18.1 Å². The second-order valence-electron chi connectivity index (χ2n) is 5.48. The van der Waals surface area contributed by atoms with Crippen molar-refractivity contribution in [2.24, 2.45) is 5.92 Å². The van der Waals surface area contributed by atoms with Crippen molar-refractivity contribution in [1.82, 2.24) is 10.2 Å². The van der Waals surface area contributed by atoms with Crippen LogP contribution in [-0.2, 0) is 20.9 Å². The second kappa shape index (κ2) is 8.15. The summed E-state index contributed by atoms with van der Waals surface area (Å²) in [6.45, 7) is 2.35. The number of nitrogens with one attached hydrogen (secondary N) is 1. The van der Waals surface area contributed by atoms with Crippen LogP contribution in [0.4, 0.5) is 0 Å². The fourth-order valence-electron chi connectivity index (χ4n) is 2.56. The Kier molecular flexibility index (Phi) is 6.21. The normalized spacial score (nSPS) is 16.3. The van der Waals surface area contributed by atoms with Crippen LogP contribution in [0.15, 0.2) is 24.3 Å². The van der Waals surface area contributed by atoms with Gasteiger partial charge in [-0.3, -0.25) is 14.5 Å². The Morgan fingerprint density at radius 2 is 1.91 bits per heavy atom. The minimum Gasteiger partial charge on any atom is -0.469 e. The third-order valence-electron chi connectivity index (χ3n) is 3.89. The van der Waals surface area contributed by atoms with E-state index in [9.17, 15) is 9.59 Å². The monoisotopic (exact) mass is 324 g/mol. The van der Waals surface area contributed by atoms with Gasteiger partial charge >= 0.3 is 5.97 Å². The molecule has 120 valence electrons. The third-order valence-corrected chi connectivity index (χ3v) is 4.14. The van der Waals surface area contributed by atoms with Gasteiger partial charge in [-0.1, -0.05) is 23.7 Å². The summed E-state index contributed by atoms with van der Waals surface area (Å²) in [6, 6.07) is 7.40. The molecule has 0 atom stereocenters. The zero-order valence-electron chi connectivity index (χ0n) is 12.7. The standard InChI is InChI=1S/C16H21ClN2O3/c1-22-16(21)13-6-8-19(9-7-13)11-15(20)18-10-12-2-4-14(17)5-3-12/h2-5,13H,6-11H2,1H3,(H,18,20). The van der Waals surface area contributed by atoms with Crippen molar-refractivity contribution in [3.05, 3.63) is 34.9 Å². The molecular weight excluding hydrogens is 304 g/mol. The number of carbonyl (C=O) groups is 2. The van der Waals surface area contributed by atoms with E-state index >= 15 is 0 Å². The number of halogens is 1. The van der Waals surface area contributed by atoms with Crippen molar-refractivity contribution in [2.45, 2.75) is 19.4 Å². The lowest BCUT2D eigenvalue weighted by Gasteiger charge is -2.29. The number of methoxy groups -OCH3 is 1. The maximum atomic E-state index is 12.0. The molecule has 22 heavy (non-hydrogen) atoms. The van der Waals surface area contributed by atoms with Crippen molar-refractivity contribution in [3.8, 4) is 0 Å². The molecule has 0 aliphatic carbocycles. The van der Waals surface area contributed by atoms with E-state index in [1.54, 1.807) is 12.1 Å². The summed E-state index contributed by atoms with van der Waals surface area (Å²) in [5.74, 6) is -0.184. The lowest BCUT2D eigenvalue weighted by Crippen LogP contribution is -2.42. The van der Waals surface area contributed by atoms with Gasteiger partial charge in [-0.05, 0) is 43.6 Å². The number of hydrogen-bond acceptors (Lipinski definition) is 4. The summed E-state index contributed by atoms with van der Waals surface area (Å²) >= 11 is 5.82. The van der Waals surface area contributed by atoms with Crippen molar-refractivity contribution in [2.75, 3.05) is 26.7 Å². The lowest BCUT2D eigenvalue weighted by atomic mass is 9.97. The molecule has 0 spiro atoms. The maximum absolute atomic E-state index is 12.0. The summed E-state index contributed by atoms with van der Waals surface area (Å²) < 4.78 is 4.76. The Labute approximate surface area is 135 Å². The smallest absolute Gasteiger partial charge is 0.308 e. The molecule has 0 radical (unpaired) electrons. The van der Waals surface area contributed by atoms with Crippen LogP contribution in [0.5, 0.6) is 0 Å². The highest BCUT2D eigenvalue weighted by molar-refractivity contribution is 6.30. The summed E-state index contributed by atoms with van der Waals surface area (Å²) in [5.41, 5.74) is 1.02. The van der Waals surface area contributed by atoms with E-state index in [2.05, 4.69) is 10.2 Å². The molecule has 1 aliphatic rings. The van der Waals surface area contributed by atoms with E-state index in [4.69, 9.17) is 16.3 Å². The van der Waals surface area contributed by atoms with Crippen LogP contribution in [0.25, 0.3) is 0 Å². The number of benzene rings is 1. The highest BCUT2D eigenvalue weighted by Gasteiger charge is 2.26. The van der Waals surface area contributed by atoms with Crippen LogP contribution in [0, 0.1) is 5.92 Å². The van der Waals surface area contributed by atoms with Crippen LogP contribution in [0.3, 0.4) is 0 Å². The fraction of sp³-hybridized carbons (Fsp3) is 0.500. The summed E-state index contributed by atoms with van der Waals surface area (Å²) in [5, 5.41) is 3.58. The number of piperidine rings is 1. The number of esters is 1. The van der Waals surface area contributed by atoms with E-state index < -0.39 is 0 Å². The number of ether oxygens (including phenoxy) is 1. The first-order chi connectivity index (χ1) is 10.6. The van der Waals surface area contributed by atoms with Gasteiger partial charge in [-0.15, -0.1) is 0 Å². The Hall–Kier alpha value is -1.59. The molecule has 0 saturated carbocycles. The SMILES string of the molecule is COC(=O)C1CCN(CC(=O)NCc2ccc(Cl)cc2)CC1. The molecule has 0 unspecified atom stereocenters. The van der Waals surface area contributed by atoms with Gasteiger partial charge in [0.25, 0.3) is 0 Å². The second-order valence-corrected chi connectivity index (χ2v) is 5.91. The van der Waals surface area contributed by atoms with Crippen LogP contribution in [0.1, 0.15) is 18.4 Å². The van der Waals surface area contributed by atoms with Gasteiger partial charge < -0.3 is 10.1 Å². The van der Waals surface area contributed by atoms with Gasteiger partial charge in [0.2, 0.25) is 5.91 Å². The topological polar surface area (TPSA) is 58.6 Å². The average Bonchev–Trinajstić information content (AvgIpc) is 2.54. The molecule has 5 nitrogen and oxygen atoms in total. The first-order valence-electron chi connectivity index (χ1n) is 7.40. The van der Waals surface area contributed by atoms with Gasteiger partial charge in [-0.25, -0.2) is 0 Å². The van der Waals surface area contributed by atoms with Gasteiger partial charge in [0, 0.05) is 11.6 Å². The Balaban J connectivity index is 1.69. The molecule has 6 heteroatoms. The highest BCUT2D eigenvalue weighted by atomic mass is 35.5. The summed E-state index contributed by atoms with van der Waals surface area (Å²) in [6.07, 6.45) is 1.49.